The number of hydrogen-bond donors (Lipinski definition) is 1. The van der Waals surface area contributed by atoms with E-state index in [1.807, 2.05) is 43.0 Å². The van der Waals surface area contributed by atoms with Crippen LogP contribution in [0.25, 0.3) is 5.69 Å². The molecule has 4 aromatic rings. The molecule has 0 saturated carbocycles. The number of nitrogens with one attached hydrogen (secondary N) is 1. The SMILES string of the molecule is CCc1c(C(C)S(=O)(=O)c2ccc(C)cc2)[nH]c(=O)n1-c1ccc(N2CCN(c3ncc(C(F)(F)F)cc3Cl)CC2)cc1. The standard InChI is InChI=1S/C30H31ClF3N5O3S/c1-4-26-27(20(3)43(41,42)24-11-5-19(2)6-12-24)36-29(40)39(26)23-9-7-22(8-10-23)37-13-15-38(16-14-37)28-25(31)17-21(18-35-28)30(32,33)34/h5-12,17-18,20H,4,13-16H2,1-3H3,(H,36,40). The van der Waals surface area contributed by atoms with E-state index in [0.717, 1.165) is 23.5 Å². The van der Waals surface area contributed by atoms with Crippen molar-refractivity contribution in [2.45, 2.75) is 43.5 Å². The van der Waals surface area contributed by atoms with Gasteiger partial charge in [0.25, 0.3) is 0 Å². The van der Waals surface area contributed by atoms with Crippen molar-refractivity contribution in [1.29, 1.82) is 0 Å². The van der Waals surface area contributed by atoms with Gasteiger partial charge in [0, 0.05) is 43.8 Å². The van der Waals surface area contributed by atoms with Crippen molar-refractivity contribution in [3.05, 3.63) is 98.8 Å². The fourth-order valence-electron chi connectivity index (χ4n) is 5.34. The maximum Gasteiger partial charge on any atom is 0.417 e. The number of hydrogen-bond acceptors (Lipinski definition) is 6. The van der Waals surface area contributed by atoms with Crippen LogP contribution in [0, 0.1) is 6.92 Å². The Morgan fingerprint density at radius 2 is 1.56 bits per heavy atom. The molecule has 3 heterocycles. The van der Waals surface area contributed by atoms with E-state index in [-0.39, 0.29) is 9.92 Å². The van der Waals surface area contributed by atoms with E-state index in [1.165, 1.54) is 4.57 Å². The molecule has 0 aliphatic carbocycles. The molecule has 228 valence electrons. The van der Waals surface area contributed by atoms with Crippen LogP contribution in [0.1, 0.15) is 41.6 Å². The van der Waals surface area contributed by atoms with E-state index in [1.54, 1.807) is 31.2 Å². The number of halogens is 4. The predicted molar refractivity (Wildman–Crippen MR) is 161 cm³/mol. The fourth-order valence-corrected chi connectivity index (χ4v) is 7.05. The normalized spacial score (nSPS) is 15.1. The summed E-state index contributed by atoms with van der Waals surface area (Å²) < 4.78 is 67.2. The predicted octanol–water partition coefficient (Wildman–Crippen LogP) is 5.97. The maximum absolute atomic E-state index is 13.4. The van der Waals surface area contributed by atoms with E-state index in [0.29, 0.717) is 55.5 Å². The van der Waals surface area contributed by atoms with Crippen molar-refractivity contribution in [2.24, 2.45) is 0 Å². The largest absolute Gasteiger partial charge is 0.417 e. The molecule has 8 nitrogen and oxygen atoms in total. The second-order valence-corrected chi connectivity index (χ2v) is 13.2. The molecule has 5 rings (SSSR count). The van der Waals surface area contributed by atoms with Gasteiger partial charge in [-0.2, -0.15) is 13.2 Å². The number of rotatable bonds is 7. The number of pyridine rings is 1. The van der Waals surface area contributed by atoms with E-state index in [2.05, 4.69) is 14.9 Å². The van der Waals surface area contributed by atoms with Crippen molar-refractivity contribution in [3.8, 4) is 5.69 Å². The summed E-state index contributed by atoms with van der Waals surface area (Å²) in [5, 5.41) is -1.00. The van der Waals surface area contributed by atoms with Crippen molar-refractivity contribution >= 4 is 32.9 Å². The maximum atomic E-state index is 13.4. The van der Waals surface area contributed by atoms with Crippen LogP contribution in [0.3, 0.4) is 0 Å². The Morgan fingerprint density at radius 1 is 0.977 bits per heavy atom. The summed E-state index contributed by atoms with van der Waals surface area (Å²) in [7, 11) is -3.74. The molecule has 13 heteroatoms. The van der Waals surface area contributed by atoms with Crippen LogP contribution in [0.15, 0.2) is 70.5 Å². The Kier molecular flexibility index (Phi) is 8.36. The van der Waals surface area contributed by atoms with Crippen molar-refractivity contribution in [1.82, 2.24) is 14.5 Å². The van der Waals surface area contributed by atoms with Gasteiger partial charge in [-0.05, 0) is 62.7 Å². The third-order valence-corrected chi connectivity index (χ3v) is 10.2. The van der Waals surface area contributed by atoms with Gasteiger partial charge in [-0.25, -0.2) is 18.2 Å². The monoisotopic (exact) mass is 633 g/mol. The molecular weight excluding hydrogens is 603 g/mol. The number of anilines is 2. The van der Waals surface area contributed by atoms with Crippen molar-refractivity contribution in [3.63, 3.8) is 0 Å². The highest BCUT2D eigenvalue weighted by Crippen LogP contribution is 2.34. The van der Waals surface area contributed by atoms with E-state index < -0.39 is 32.5 Å². The van der Waals surface area contributed by atoms with Gasteiger partial charge in [-0.3, -0.25) is 4.57 Å². The van der Waals surface area contributed by atoms with Crippen molar-refractivity contribution < 1.29 is 21.6 Å². The molecule has 0 radical (unpaired) electrons. The van der Waals surface area contributed by atoms with Crippen LogP contribution in [0.2, 0.25) is 5.02 Å². The minimum atomic E-state index is -4.51. The number of aromatic nitrogens is 3. The van der Waals surface area contributed by atoms with Gasteiger partial charge in [0.1, 0.15) is 11.1 Å². The number of aromatic amines is 1. The second-order valence-electron chi connectivity index (χ2n) is 10.5. The highest BCUT2D eigenvalue weighted by atomic mass is 35.5. The average Bonchev–Trinajstić information content (AvgIpc) is 3.32. The molecule has 0 amide bonds. The third-order valence-electron chi connectivity index (χ3n) is 7.78. The first kappa shape index (κ1) is 30.7. The lowest BCUT2D eigenvalue weighted by molar-refractivity contribution is -0.137. The quantitative estimate of drug-likeness (QED) is 0.270. The molecular formula is C30H31ClF3N5O3S. The molecule has 43 heavy (non-hydrogen) atoms. The Balaban J connectivity index is 1.33. The highest BCUT2D eigenvalue weighted by Gasteiger charge is 2.33. The molecule has 1 atom stereocenters. The van der Waals surface area contributed by atoms with E-state index in [4.69, 9.17) is 11.6 Å². The third kappa shape index (κ3) is 6.03. The molecule has 0 bridgehead atoms. The van der Waals surface area contributed by atoms with Gasteiger partial charge in [0.15, 0.2) is 9.84 Å². The number of piperazine rings is 1. The minimum Gasteiger partial charge on any atom is -0.368 e. The molecule has 1 aliphatic rings. The number of sulfone groups is 1. The van der Waals surface area contributed by atoms with E-state index >= 15 is 0 Å². The molecule has 1 N–H and O–H groups in total. The van der Waals surface area contributed by atoms with Crippen molar-refractivity contribution in [2.75, 3.05) is 36.0 Å². The summed E-state index contributed by atoms with van der Waals surface area (Å²) in [6.07, 6.45) is -3.28. The Bertz CT molecular complexity index is 1780. The van der Waals surface area contributed by atoms with Crippen LogP contribution in [-0.2, 0) is 22.4 Å². The first-order valence-corrected chi connectivity index (χ1v) is 15.7. The number of aryl methyl sites for hydroxylation is 1. The zero-order chi connectivity index (χ0) is 31.1. The molecule has 1 saturated heterocycles. The average molecular weight is 634 g/mol. The van der Waals surface area contributed by atoms with Crippen LogP contribution >= 0.6 is 11.6 Å². The smallest absolute Gasteiger partial charge is 0.368 e. The molecule has 1 aliphatic heterocycles. The summed E-state index contributed by atoms with van der Waals surface area (Å²) in [5.41, 5.74) is 2.12. The van der Waals surface area contributed by atoms with Gasteiger partial charge in [0.05, 0.1) is 26.9 Å². The topological polar surface area (TPSA) is 91.3 Å². The molecule has 0 spiro atoms. The summed E-state index contributed by atoms with van der Waals surface area (Å²) in [6.45, 7) is 7.53. The Labute approximate surface area is 252 Å². The number of nitrogens with zero attached hydrogens (tertiary/aromatic N) is 4. The lowest BCUT2D eigenvalue weighted by Gasteiger charge is -2.37. The number of benzene rings is 2. The van der Waals surface area contributed by atoms with Crippen LogP contribution in [0.5, 0.6) is 0 Å². The van der Waals surface area contributed by atoms with Gasteiger partial charge in [-0.15, -0.1) is 0 Å². The zero-order valence-electron chi connectivity index (χ0n) is 23.8. The van der Waals surface area contributed by atoms with Crippen LogP contribution in [0.4, 0.5) is 24.7 Å². The van der Waals surface area contributed by atoms with Gasteiger partial charge in [0.2, 0.25) is 0 Å². The van der Waals surface area contributed by atoms with E-state index in [9.17, 15) is 26.4 Å². The van der Waals surface area contributed by atoms with Crippen LogP contribution < -0.4 is 15.5 Å². The summed E-state index contributed by atoms with van der Waals surface area (Å²) in [5.74, 6) is 0.318. The summed E-state index contributed by atoms with van der Waals surface area (Å²) in [6, 6.07) is 14.9. The molecule has 2 aromatic heterocycles. The van der Waals surface area contributed by atoms with Gasteiger partial charge < -0.3 is 14.8 Å². The first-order chi connectivity index (χ1) is 20.3. The Hall–Kier alpha value is -3.77. The number of alkyl halides is 3. The molecule has 1 unspecified atom stereocenters. The second kappa shape index (κ2) is 11.7. The Morgan fingerprint density at radius 3 is 2.12 bits per heavy atom. The highest BCUT2D eigenvalue weighted by molar-refractivity contribution is 7.91. The number of H-pyrrole nitrogens is 1. The zero-order valence-corrected chi connectivity index (χ0v) is 25.4. The lowest BCUT2D eigenvalue weighted by Crippen LogP contribution is -2.47. The molecule has 1 fully saturated rings. The van der Waals surface area contributed by atoms with Gasteiger partial charge >= 0.3 is 11.9 Å². The summed E-state index contributed by atoms with van der Waals surface area (Å²) in [4.78, 5) is 24.1. The molecule has 2 aromatic carbocycles. The fraction of sp³-hybridized carbons (Fsp3) is 0.333. The van der Waals surface area contributed by atoms with Gasteiger partial charge in [-0.1, -0.05) is 36.2 Å². The number of imidazole rings is 1. The van der Waals surface area contributed by atoms with Crippen LogP contribution in [-0.4, -0.2) is 49.1 Å². The minimum absolute atomic E-state index is 0.0448. The lowest BCUT2D eigenvalue weighted by atomic mass is 10.2. The summed E-state index contributed by atoms with van der Waals surface area (Å²) >= 11 is 6.14. The first-order valence-electron chi connectivity index (χ1n) is 13.8.